The van der Waals surface area contributed by atoms with E-state index in [2.05, 4.69) is 9.82 Å². The summed E-state index contributed by atoms with van der Waals surface area (Å²) in [4.78, 5) is -0.744. The zero-order valence-corrected chi connectivity index (χ0v) is 11.0. The topological polar surface area (TPSA) is 64.0 Å². The number of aromatic nitrogens is 2. The summed E-state index contributed by atoms with van der Waals surface area (Å²) in [6.45, 7) is 1.68. The van der Waals surface area contributed by atoms with E-state index in [1.54, 1.807) is 6.92 Å². The van der Waals surface area contributed by atoms with Crippen molar-refractivity contribution in [2.45, 2.75) is 11.8 Å². The van der Waals surface area contributed by atoms with Gasteiger partial charge in [-0.15, -0.1) is 0 Å². The highest BCUT2D eigenvalue weighted by molar-refractivity contribution is 7.92. The van der Waals surface area contributed by atoms with Crippen LogP contribution in [0.5, 0.6) is 0 Å². The molecule has 1 aromatic heterocycles. The summed E-state index contributed by atoms with van der Waals surface area (Å²) in [5.41, 5.74) is 0.597. The molecule has 0 aliphatic carbocycles. The highest BCUT2D eigenvalue weighted by atomic mass is 32.2. The Hall–Kier alpha value is -1.96. The molecule has 19 heavy (non-hydrogen) atoms. The smallest absolute Gasteiger partial charge is 0.263 e. The first-order valence-corrected chi connectivity index (χ1v) is 6.76. The van der Waals surface area contributed by atoms with Crippen molar-refractivity contribution in [1.29, 1.82) is 0 Å². The van der Waals surface area contributed by atoms with Crippen molar-refractivity contribution in [1.82, 2.24) is 9.78 Å². The first-order chi connectivity index (χ1) is 8.79. The number of hydrogen-bond donors (Lipinski definition) is 1. The second-order valence-corrected chi connectivity index (χ2v) is 5.63. The number of aryl methyl sites for hydroxylation is 2. The van der Waals surface area contributed by atoms with Crippen LogP contribution in [-0.2, 0) is 17.1 Å². The van der Waals surface area contributed by atoms with Crippen LogP contribution in [0.4, 0.5) is 14.6 Å². The molecule has 8 heteroatoms. The van der Waals surface area contributed by atoms with Gasteiger partial charge in [-0.05, 0) is 25.1 Å². The van der Waals surface area contributed by atoms with Crippen LogP contribution in [0.15, 0.2) is 29.2 Å². The van der Waals surface area contributed by atoms with Gasteiger partial charge in [0.25, 0.3) is 10.0 Å². The standard InChI is InChI=1S/C11H11F2N3O2S/c1-7-5-11(16(2)14-7)15-19(17,18)10-6-8(12)3-4-9(10)13/h3-6,15H,1-2H3. The highest BCUT2D eigenvalue weighted by Gasteiger charge is 2.21. The molecule has 0 aliphatic heterocycles. The van der Waals surface area contributed by atoms with Gasteiger partial charge in [-0.2, -0.15) is 5.10 Å². The maximum atomic E-state index is 13.5. The van der Waals surface area contributed by atoms with Crippen LogP contribution in [0.3, 0.4) is 0 Å². The summed E-state index contributed by atoms with van der Waals surface area (Å²) in [5, 5.41) is 3.95. The minimum atomic E-state index is -4.20. The Balaban J connectivity index is 2.43. The summed E-state index contributed by atoms with van der Waals surface area (Å²) in [7, 11) is -2.67. The quantitative estimate of drug-likeness (QED) is 0.936. The molecule has 1 heterocycles. The number of nitrogens with zero attached hydrogens (tertiary/aromatic N) is 2. The molecule has 0 bridgehead atoms. The number of anilines is 1. The van der Waals surface area contributed by atoms with Gasteiger partial charge in [-0.1, -0.05) is 0 Å². The van der Waals surface area contributed by atoms with E-state index in [0.29, 0.717) is 11.8 Å². The minimum absolute atomic E-state index is 0.168. The molecule has 0 aliphatic rings. The molecule has 102 valence electrons. The lowest BCUT2D eigenvalue weighted by Gasteiger charge is -2.08. The van der Waals surface area contributed by atoms with Crippen molar-refractivity contribution in [3.63, 3.8) is 0 Å². The zero-order chi connectivity index (χ0) is 14.2. The third kappa shape index (κ3) is 2.73. The van der Waals surface area contributed by atoms with Crippen molar-refractivity contribution in [2.75, 3.05) is 4.72 Å². The van der Waals surface area contributed by atoms with Gasteiger partial charge in [-0.3, -0.25) is 9.40 Å². The molecule has 0 radical (unpaired) electrons. The van der Waals surface area contributed by atoms with Crippen molar-refractivity contribution in [3.8, 4) is 0 Å². The number of sulfonamides is 1. The van der Waals surface area contributed by atoms with E-state index in [4.69, 9.17) is 0 Å². The van der Waals surface area contributed by atoms with Crippen molar-refractivity contribution < 1.29 is 17.2 Å². The third-order valence-electron chi connectivity index (χ3n) is 2.42. The van der Waals surface area contributed by atoms with E-state index >= 15 is 0 Å². The summed E-state index contributed by atoms with van der Waals surface area (Å²) < 4.78 is 53.9. The molecule has 0 unspecified atom stereocenters. The largest absolute Gasteiger partial charge is 0.266 e. The zero-order valence-electron chi connectivity index (χ0n) is 10.2. The van der Waals surface area contributed by atoms with E-state index < -0.39 is 26.6 Å². The van der Waals surface area contributed by atoms with Crippen molar-refractivity contribution in [3.05, 3.63) is 41.6 Å². The Morgan fingerprint density at radius 3 is 2.53 bits per heavy atom. The fourth-order valence-corrected chi connectivity index (χ4v) is 2.75. The molecule has 2 aromatic rings. The van der Waals surface area contributed by atoms with E-state index in [0.717, 1.165) is 12.1 Å². The normalized spacial score (nSPS) is 11.6. The van der Waals surface area contributed by atoms with Gasteiger partial charge in [0, 0.05) is 13.1 Å². The maximum Gasteiger partial charge on any atom is 0.266 e. The molecule has 0 saturated carbocycles. The number of rotatable bonds is 3. The van der Waals surface area contributed by atoms with E-state index in [9.17, 15) is 17.2 Å². The molecule has 2 rings (SSSR count). The van der Waals surface area contributed by atoms with Crippen LogP contribution >= 0.6 is 0 Å². The molecule has 0 saturated heterocycles. The Bertz CT molecular complexity index is 726. The molecule has 1 aromatic carbocycles. The van der Waals surface area contributed by atoms with Crippen molar-refractivity contribution >= 4 is 15.8 Å². The van der Waals surface area contributed by atoms with E-state index in [-0.39, 0.29) is 5.82 Å². The predicted octanol–water partition coefficient (Wildman–Crippen LogP) is 1.81. The highest BCUT2D eigenvalue weighted by Crippen LogP contribution is 2.20. The van der Waals surface area contributed by atoms with Crippen LogP contribution in [0.2, 0.25) is 0 Å². The van der Waals surface area contributed by atoms with Gasteiger partial charge in [0.2, 0.25) is 0 Å². The van der Waals surface area contributed by atoms with Crippen molar-refractivity contribution in [2.24, 2.45) is 7.05 Å². The summed E-state index contributed by atoms with van der Waals surface area (Å²) in [6.07, 6.45) is 0. The summed E-state index contributed by atoms with van der Waals surface area (Å²) in [6, 6.07) is 3.72. The van der Waals surface area contributed by atoms with Crippen LogP contribution in [0.1, 0.15) is 5.69 Å². The molecular formula is C11H11F2N3O2S. The second-order valence-electron chi connectivity index (χ2n) is 3.97. The monoisotopic (exact) mass is 287 g/mol. The second kappa shape index (κ2) is 4.61. The lowest BCUT2D eigenvalue weighted by atomic mass is 10.3. The van der Waals surface area contributed by atoms with Crippen LogP contribution in [-0.4, -0.2) is 18.2 Å². The van der Waals surface area contributed by atoms with Gasteiger partial charge in [0.15, 0.2) is 0 Å². The van der Waals surface area contributed by atoms with Crippen LogP contribution < -0.4 is 4.72 Å². The number of benzene rings is 1. The Kier molecular flexibility index (Phi) is 3.27. The minimum Gasteiger partial charge on any atom is -0.263 e. The summed E-state index contributed by atoms with van der Waals surface area (Å²) in [5.74, 6) is -1.68. The lowest BCUT2D eigenvalue weighted by molar-refractivity contribution is 0.555. The first kappa shape index (κ1) is 13.5. The van der Waals surface area contributed by atoms with Gasteiger partial charge in [0.1, 0.15) is 22.3 Å². The van der Waals surface area contributed by atoms with Gasteiger partial charge < -0.3 is 0 Å². The molecule has 0 spiro atoms. The number of hydrogen-bond acceptors (Lipinski definition) is 3. The Morgan fingerprint density at radius 1 is 1.26 bits per heavy atom. The number of halogens is 2. The SMILES string of the molecule is Cc1cc(NS(=O)(=O)c2cc(F)ccc2F)n(C)n1. The van der Waals surface area contributed by atoms with Gasteiger partial charge in [-0.25, -0.2) is 17.2 Å². The average Bonchev–Trinajstić information content (AvgIpc) is 2.60. The molecule has 0 fully saturated rings. The Labute approximate surface area is 108 Å². The fraction of sp³-hybridized carbons (Fsp3) is 0.182. The molecule has 0 amide bonds. The average molecular weight is 287 g/mol. The fourth-order valence-electron chi connectivity index (χ4n) is 1.58. The molecule has 5 nitrogen and oxygen atoms in total. The third-order valence-corrected chi connectivity index (χ3v) is 3.79. The predicted molar refractivity (Wildman–Crippen MR) is 65.1 cm³/mol. The molecular weight excluding hydrogens is 276 g/mol. The maximum absolute atomic E-state index is 13.5. The summed E-state index contributed by atoms with van der Waals surface area (Å²) >= 11 is 0. The lowest BCUT2D eigenvalue weighted by Crippen LogP contribution is -2.17. The first-order valence-electron chi connectivity index (χ1n) is 5.28. The van der Waals surface area contributed by atoms with E-state index in [1.807, 2.05) is 0 Å². The van der Waals surface area contributed by atoms with Crippen LogP contribution in [0.25, 0.3) is 0 Å². The Morgan fingerprint density at radius 2 is 1.95 bits per heavy atom. The van der Waals surface area contributed by atoms with Crippen LogP contribution in [0, 0.1) is 18.6 Å². The molecule has 1 N–H and O–H groups in total. The van der Waals surface area contributed by atoms with E-state index in [1.165, 1.54) is 17.8 Å². The van der Waals surface area contributed by atoms with Gasteiger partial charge in [0.05, 0.1) is 5.69 Å². The molecule has 0 atom stereocenters. The number of nitrogens with one attached hydrogen (secondary N) is 1. The van der Waals surface area contributed by atoms with Gasteiger partial charge >= 0.3 is 0 Å².